The van der Waals surface area contributed by atoms with Crippen molar-refractivity contribution in [1.82, 2.24) is 6.68 Å². The van der Waals surface area contributed by atoms with Crippen molar-refractivity contribution < 1.29 is 3.07 Å². The van der Waals surface area contributed by atoms with Gasteiger partial charge in [0.05, 0.1) is 0 Å². The van der Waals surface area contributed by atoms with Gasteiger partial charge in [-0.05, 0) is 0 Å². The van der Waals surface area contributed by atoms with Gasteiger partial charge in [0.2, 0.25) is 0 Å². The molecule has 0 saturated carbocycles. The third-order valence-corrected chi connectivity index (χ3v) is 32.9. The van der Waals surface area contributed by atoms with Gasteiger partial charge >= 0.3 is 182 Å². The molecule has 0 aliphatic rings. The number of rotatable bonds is 12. The Morgan fingerprint density at radius 2 is 1.12 bits per heavy atom. The summed E-state index contributed by atoms with van der Waals surface area (Å²) < 4.78 is 12.8. The average molecular weight is 540 g/mol. The minimum atomic E-state index is -1.41. The summed E-state index contributed by atoms with van der Waals surface area (Å²) in [6.07, 6.45) is 5.55. The third-order valence-electron chi connectivity index (χ3n) is 4.41. The van der Waals surface area contributed by atoms with E-state index >= 15 is 0 Å². The second-order valence-electron chi connectivity index (χ2n) is 11.5. The molecule has 2 radical (unpaired) electrons. The summed E-state index contributed by atoms with van der Waals surface area (Å²) >= 11 is -0.998. The summed E-state index contributed by atoms with van der Waals surface area (Å²) in [4.78, 5) is 0. The van der Waals surface area contributed by atoms with Crippen LogP contribution in [0.15, 0.2) is 0 Å². The Morgan fingerprint density at radius 1 is 0.692 bits per heavy atom. The Morgan fingerprint density at radius 3 is 1.42 bits per heavy atom. The normalized spacial score (nSPS) is 15.8. The molecule has 1 unspecified atom stereocenters. The molecule has 0 aliphatic heterocycles. The van der Waals surface area contributed by atoms with Crippen LogP contribution in [0, 0.1) is 0 Å². The fourth-order valence-electron chi connectivity index (χ4n) is 4.07. The summed E-state index contributed by atoms with van der Waals surface area (Å²) in [5.41, 5.74) is 0. The zero-order chi connectivity index (χ0) is 21.0. The fraction of sp³-hybridized carbons (Fsp3) is 1.00. The average Bonchev–Trinajstić information content (AvgIpc) is 2.31. The van der Waals surface area contributed by atoms with Crippen LogP contribution in [-0.4, -0.2) is 67.7 Å². The molecule has 0 aromatic heterocycles. The molecule has 0 saturated heterocycles. The molecular formula is C18H48N2OSi4Sn. The van der Waals surface area contributed by atoms with Gasteiger partial charge in [-0.2, -0.15) is 0 Å². The first-order chi connectivity index (χ1) is 11.4. The van der Waals surface area contributed by atoms with E-state index in [1.54, 1.807) is 0 Å². The number of unbranched alkanes of at least 4 members (excludes halogenated alkanes) is 2. The molecular weight excluding hydrogens is 491 g/mol. The van der Waals surface area contributed by atoms with Gasteiger partial charge in [0.1, 0.15) is 0 Å². The third kappa shape index (κ3) is 9.84. The van der Waals surface area contributed by atoms with Crippen LogP contribution in [0.5, 0.6) is 0 Å². The molecule has 0 aromatic carbocycles. The summed E-state index contributed by atoms with van der Waals surface area (Å²) in [6.45, 7) is 32.5. The molecule has 3 nitrogen and oxygen atoms in total. The van der Waals surface area contributed by atoms with Crippen LogP contribution in [0.3, 0.4) is 0 Å². The van der Waals surface area contributed by atoms with E-state index in [9.17, 15) is 0 Å². The van der Waals surface area contributed by atoms with Crippen molar-refractivity contribution in [2.24, 2.45) is 0 Å². The molecule has 156 valence electrons. The zero-order valence-corrected chi connectivity index (χ0v) is 27.1. The Balaban J connectivity index is 5.54. The van der Waals surface area contributed by atoms with Crippen molar-refractivity contribution in [2.75, 3.05) is 0 Å². The van der Waals surface area contributed by atoms with Gasteiger partial charge < -0.3 is 0 Å². The molecule has 0 rings (SSSR count). The van der Waals surface area contributed by atoms with Crippen molar-refractivity contribution in [2.45, 2.75) is 117 Å². The number of hydrogen-bond acceptors (Lipinski definition) is 3. The van der Waals surface area contributed by atoms with E-state index in [0.717, 1.165) is 0 Å². The summed E-state index contributed by atoms with van der Waals surface area (Å²) in [6, 6.07) is 0. The summed E-state index contributed by atoms with van der Waals surface area (Å²) in [5, 5.41) is 0. The van der Waals surface area contributed by atoms with Gasteiger partial charge in [0, 0.05) is 0 Å². The Kier molecular flexibility index (Phi) is 11.2. The van der Waals surface area contributed by atoms with Crippen LogP contribution >= 0.6 is 0 Å². The summed E-state index contributed by atoms with van der Waals surface area (Å²) in [7, 11) is -5.42. The molecule has 8 heteroatoms. The number of hydrogen-bond donors (Lipinski definition) is 0. The van der Waals surface area contributed by atoms with E-state index in [1.807, 2.05) is 0 Å². The zero-order valence-electron chi connectivity index (χ0n) is 20.2. The molecule has 0 heterocycles. The van der Waals surface area contributed by atoms with Crippen LogP contribution in [-0.2, 0) is 3.07 Å². The van der Waals surface area contributed by atoms with Crippen molar-refractivity contribution in [3.05, 3.63) is 0 Å². The van der Waals surface area contributed by atoms with E-state index in [-0.39, 0.29) is 0 Å². The van der Waals surface area contributed by atoms with Gasteiger partial charge in [0.15, 0.2) is 0 Å². The second-order valence-corrected chi connectivity index (χ2v) is 36.7. The first-order valence-corrected chi connectivity index (χ1v) is 26.7. The van der Waals surface area contributed by atoms with E-state index in [2.05, 4.69) is 92.2 Å². The van der Waals surface area contributed by atoms with Crippen LogP contribution < -0.4 is 0 Å². The predicted molar refractivity (Wildman–Crippen MR) is 132 cm³/mol. The van der Waals surface area contributed by atoms with Crippen molar-refractivity contribution >= 4 is 54.8 Å². The van der Waals surface area contributed by atoms with Crippen LogP contribution in [0.2, 0.25) is 78.6 Å². The SMILES string of the molecule is CCCCCC([O][Sn][N]([Si](C)(C)C)[Si](C)(C)C)N([Si](C)(C)C)[Si](C)(C)C. The molecule has 0 spiro atoms. The van der Waals surface area contributed by atoms with Crippen molar-refractivity contribution in [3.8, 4) is 0 Å². The Hall–Kier alpha value is 1.55. The molecule has 0 aliphatic carbocycles. The molecule has 0 bridgehead atoms. The maximum atomic E-state index is 6.98. The van der Waals surface area contributed by atoms with Gasteiger partial charge in [-0.1, -0.05) is 0 Å². The van der Waals surface area contributed by atoms with Gasteiger partial charge in [-0.25, -0.2) is 0 Å². The van der Waals surface area contributed by atoms with Gasteiger partial charge in [-0.3, -0.25) is 0 Å². The molecule has 26 heavy (non-hydrogen) atoms. The van der Waals surface area contributed by atoms with Crippen molar-refractivity contribution in [1.29, 1.82) is 0 Å². The maximum absolute atomic E-state index is 6.98. The molecule has 0 N–H and O–H groups in total. The van der Waals surface area contributed by atoms with E-state index < -0.39 is 54.8 Å². The fourth-order valence-corrected chi connectivity index (χ4v) is 30.1. The molecule has 1 atom stereocenters. The quantitative estimate of drug-likeness (QED) is 0.162. The van der Waals surface area contributed by atoms with Crippen LogP contribution in [0.25, 0.3) is 0 Å². The number of nitrogens with zero attached hydrogens (tertiary/aromatic N) is 2. The van der Waals surface area contributed by atoms with Crippen molar-refractivity contribution in [3.63, 3.8) is 0 Å². The molecule has 0 fully saturated rings. The van der Waals surface area contributed by atoms with E-state index in [1.165, 1.54) is 25.7 Å². The van der Waals surface area contributed by atoms with Crippen LogP contribution in [0.4, 0.5) is 0 Å². The van der Waals surface area contributed by atoms with Gasteiger partial charge in [-0.15, -0.1) is 0 Å². The topological polar surface area (TPSA) is 15.7 Å². The standard InChI is InChI=1S/C12H30NOSi2.C6H18NSi2.Sn/c1-8-9-10-11-12(14)13(15(2,3)4)16(5,6)7;1-8(2,3)7-9(4,5)6;/h12H,8-11H2,1-7H3;1-6H3;/q2*-1;+2. The van der Waals surface area contributed by atoms with Crippen LogP contribution in [0.1, 0.15) is 32.6 Å². The van der Waals surface area contributed by atoms with Gasteiger partial charge in [0.25, 0.3) is 0 Å². The predicted octanol–water partition coefficient (Wildman–Crippen LogP) is 6.39. The minimum absolute atomic E-state index is 0.377. The molecule has 0 amide bonds. The second kappa shape index (κ2) is 10.5. The van der Waals surface area contributed by atoms with E-state index in [4.69, 9.17) is 3.07 Å². The Bertz CT molecular complexity index is 383. The van der Waals surface area contributed by atoms with E-state index in [0.29, 0.717) is 6.23 Å². The monoisotopic (exact) mass is 540 g/mol. The summed E-state index contributed by atoms with van der Waals surface area (Å²) in [5.74, 6) is 0. The first-order valence-electron chi connectivity index (χ1n) is 10.4. The Labute approximate surface area is 181 Å². The molecule has 0 aromatic rings. The first kappa shape index (κ1) is 27.5.